The number of rotatable bonds is 2. The highest BCUT2D eigenvalue weighted by Gasteiger charge is 2.29. The normalized spacial score (nSPS) is 32.0. The minimum atomic E-state index is 0.704. The monoisotopic (exact) mass is 190 g/mol. The minimum Gasteiger partial charge on any atom is -0.337 e. The van der Waals surface area contributed by atoms with Crippen molar-refractivity contribution in [2.24, 2.45) is 0 Å². The molecule has 14 heavy (non-hydrogen) atoms. The highest BCUT2D eigenvalue weighted by Crippen LogP contribution is 2.27. The molecule has 0 spiro atoms. The molecular formula is C13H20N+. The van der Waals surface area contributed by atoms with E-state index in [1.165, 1.54) is 31.3 Å². The van der Waals surface area contributed by atoms with Crippen molar-refractivity contribution in [1.29, 1.82) is 0 Å². The lowest BCUT2D eigenvalue weighted by Gasteiger charge is -2.32. The van der Waals surface area contributed by atoms with Crippen LogP contribution in [0, 0.1) is 0 Å². The van der Waals surface area contributed by atoms with Crippen molar-refractivity contribution in [1.82, 2.24) is 0 Å². The molecule has 2 N–H and O–H groups in total. The maximum absolute atomic E-state index is 4.11. The molecule has 0 bridgehead atoms. The van der Waals surface area contributed by atoms with Crippen LogP contribution in [0.25, 0.3) is 0 Å². The Morgan fingerprint density at radius 3 is 3.14 bits per heavy atom. The second-order valence-electron chi connectivity index (χ2n) is 4.55. The molecule has 0 amide bonds. The highest BCUT2D eigenvalue weighted by molar-refractivity contribution is 5.20. The van der Waals surface area contributed by atoms with Gasteiger partial charge in [0.05, 0.1) is 6.04 Å². The van der Waals surface area contributed by atoms with Crippen LogP contribution in [0.3, 0.4) is 0 Å². The first-order chi connectivity index (χ1) is 6.79. The van der Waals surface area contributed by atoms with E-state index in [4.69, 9.17) is 0 Å². The lowest BCUT2D eigenvalue weighted by atomic mass is 9.83. The topological polar surface area (TPSA) is 16.6 Å². The van der Waals surface area contributed by atoms with Crippen LogP contribution >= 0.6 is 0 Å². The predicted molar refractivity (Wildman–Crippen MR) is 60.0 cm³/mol. The van der Waals surface area contributed by atoms with E-state index in [1.807, 2.05) is 6.08 Å². The first kappa shape index (κ1) is 9.72. The number of hydrogen-bond acceptors (Lipinski definition) is 0. The third-order valence-corrected chi connectivity index (χ3v) is 3.41. The summed E-state index contributed by atoms with van der Waals surface area (Å²) in [6.45, 7) is 7.92. The van der Waals surface area contributed by atoms with Gasteiger partial charge in [0.15, 0.2) is 0 Å². The number of nitrogens with two attached hydrogens (primary N) is 1. The molecule has 2 rings (SSSR count). The molecule has 1 heterocycles. The molecule has 1 nitrogen and oxygen atoms in total. The van der Waals surface area contributed by atoms with Crippen LogP contribution in [-0.4, -0.2) is 12.1 Å². The van der Waals surface area contributed by atoms with E-state index >= 15 is 0 Å². The number of hydrogen-bond donors (Lipinski definition) is 1. The minimum absolute atomic E-state index is 0.704. The van der Waals surface area contributed by atoms with Gasteiger partial charge in [-0.2, -0.15) is 0 Å². The van der Waals surface area contributed by atoms with Crippen molar-refractivity contribution < 1.29 is 5.32 Å². The van der Waals surface area contributed by atoms with E-state index in [0.29, 0.717) is 6.04 Å². The van der Waals surface area contributed by atoms with Crippen LogP contribution in [0.1, 0.15) is 32.1 Å². The van der Waals surface area contributed by atoms with E-state index in [9.17, 15) is 0 Å². The third-order valence-electron chi connectivity index (χ3n) is 3.41. The van der Waals surface area contributed by atoms with Gasteiger partial charge in [0.2, 0.25) is 0 Å². The van der Waals surface area contributed by atoms with Gasteiger partial charge in [0.1, 0.15) is 6.04 Å². The van der Waals surface area contributed by atoms with Crippen molar-refractivity contribution in [2.75, 3.05) is 0 Å². The van der Waals surface area contributed by atoms with Gasteiger partial charge in [-0.25, -0.2) is 0 Å². The van der Waals surface area contributed by atoms with E-state index in [1.54, 1.807) is 5.57 Å². The second-order valence-corrected chi connectivity index (χ2v) is 4.55. The van der Waals surface area contributed by atoms with Crippen molar-refractivity contribution in [3.63, 3.8) is 0 Å². The smallest absolute Gasteiger partial charge is 0.111 e. The quantitative estimate of drug-likeness (QED) is 0.641. The second kappa shape index (κ2) is 4.14. The van der Waals surface area contributed by atoms with E-state index < -0.39 is 0 Å². The van der Waals surface area contributed by atoms with Crippen LogP contribution in [0.2, 0.25) is 0 Å². The molecule has 0 aromatic heterocycles. The zero-order chi connectivity index (χ0) is 9.97. The summed E-state index contributed by atoms with van der Waals surface area (Å²) in [6, 6.07) is 1.43. The number of quaternary nitrogens is 1. The molecule has 2 atom stereocenters. The summed E-state index contributed by atoms with van der Waals surface area (Å²) in [7, 11) is 0. The Hall–Kier alpha value is -0.820. The standard InChI is InChI=1S/C13H19N/c1-3-4-12-8-7-11-6-5-10(2)9-13(11)14-12/h3,7,12-14H,1-2,4-6,8-9H2/p+1/t12-,13+/m1/s1. The van der Waals surface area contributed by atoms with Gasteiger partial charge in [-0.15, -0.1) is 6.58 Å². The van der Waals surface area contributed by atoms with E-state index in [0.717, 1.165) is 12.5 Å². The first-order valence-corrected chi connectivity index (χ1v) is 5.61. The Balaban J connectivity index is 2.03. The fourth-order valence-corrected chi connectivity index (χ4v) is 2.59. The summed E-state index contributed by atoms with van der Waals surface area (Å²) in [5.41, 5.74) is 3.10. The molecular weight excluding hydrogens is 170 g/mol. The molecule has 1 aliphatic heterocycles. The zero-order valence-corrected chi connectivity index (χ0v) is 8.84. The third kappa shape index (κ3) is 1.98. The largest absolute Gasteiger partial charge is 0.337 e. The SMILES string of the molecule is C=CC[C@@H]1CC=C2CCC(=C)C[C@@H]2[NH2+]1. The van der Waals surface area contributed by atoms with Crippen LogP contribution in [0.4, 0.5) is 0 Å². The van der Waals surface area contributed by atoms with Crippen molar-refractivity contribution >= 4 is 0 Å². The molecule has 0 saturated heterocycles. The van der Waals surface area contributed by atoms with Gasteiger partial charge < -0.3 is 5.32 Å². The molecule has 2 aliphatic rings. The highest BCUT2D eigenvalue weighted by atomic mass is 15.0. The van der Waals surface area contributed by atoms with Gasteiger partial charge >= 0.3 is 0 Å². The molecule has 1 saturated carbocycles. The van der Waals surface area contributed by atoms with Crippen LogP contribution < -0.4 is 5.32 Å². The van der Waals surface area contributed by atoms with E-state index in [2.05, 4.69) is 24.6 Å². The van der Waals surface area contributed by atoms with Gasteiger partial charge in [-0.05, 0) is 18.4 Å². The Bertz CT molecular complexity index is 275. The summed E-state index contributed by atoms with van der Waals surface area (Å²) >= 11 is 0. The maximum atomic E-state index is 4.11. The Kier molecular flexibility index (Phi) is 2.87. The zero-order valence-electron chi connectivity index (χ0n) is 8.84. The molecule has 76 valence electrons. The Morgan fingerprint density at radius 2 is 2.36 bits per heavy atom. The lowest BCUT2D eigenvalue weighted by molar-refractivity contribution is -0.716. The van der Waals surface area contributed by atoms with Crippen LogP contribution in [0.15, 0.2) is 36.5 Å². The lowest BCUT2D eigenvalue weighted by Crippen LogP contribution is -2.96. The summed E-state index contributed by atoms with van der Waals surface area (Å²) in [4.78, 5) is 0. The average molecular weight is 190 g/mol. The Labute approximate surface area is 86.6 Å². The fourth-order valence-electron chi connectivity index (χ4n) is 2.59. The molecule has 1 aliphatic carbocycles. The molecule has 0 radical (unpaired) electrons. The number of fused-ring (bicyclic) bond motifs is 1. The average Bonchev–Trinajstić information content (AvgIpc) is 2.17. The van der Waals surface area contributed by atoms with Gasteiger partial charge in [0, 0.05) is 19.3 Å². The van der Waals surface area contributed by atoms with Crippen molar-refractivity contribution in [3.8, 4) is 0 Å². The van der Waals surface area contributed by atoms with Crippen LogP contribution in [-0.2, 0) is 0 Å². The molecule has 0 unspecified atom stereocenters. The van der Waals surface area contributed by atoms with Crippen molar-refractivity contribution in [3.05, 3.63) is 36.5 Å². The molecule has 1 fully saturated rings. The van der Waals surface area contributed by atoms with Gasteiger partial charge in [-0.3, -0.25) is 0 Å². The summed E-state index contributed by atoms with van der Waals surface area (Å²) < 4.78 is 0. The van der Waals surface area contributed by atoms with Gasteiger partial charge in [0.25, 0.3) is 0 Å². The summed E-state index contributed by atoms with van der Waals surface area (Å²) in [6.07, 6.45) is 10.5. The molecule has 0 aromatic carbocycles. The predicted octanol–water partition coefficient (Wildman–Crippen LogP) is 1.93. The fraction of sp³-hybridized carbons (Fsp3) is 0.538. The van der Waals surface area contributed by atoms with E-state index in [-0.39, 0.29) is 0 Å². The van der Waals surface area contributed by atoms with Gasteiger partial charge in [-0.1, -0.05) is 24.3 Å². The molecule has 1 heteroatoms. The van der Waals surface area contributed by atoms with Crippen molar-refractivity contribution in [2.45, 2.75) is 44.2 Å². The summed E-state index contributed by atoms with van der Waals surface area (Å²) in [5, 5.41) is 2.53. The maximum Gasteiger partial charge on any atom is 0.111 e. The van der Waals surface area contributed by atoms with Crippen LogP contribution in [0.5, 0.6) is 0 Å². The molecule has 0 aromatic rings. The first-order valence-electron chi connectivity index (χ1n) is 5.61. The summed E-state index contributed by atoms with van der Waals surface area (Å²) in [5.74, 6) is 0. The Morgan fingerprint density at radius 1 is 1.50 bits per heavy atom.